The van der Waals surface area contributed by atoms with Crippen molar-refractivity contribution < 1.29 is 0 Å². The first-order chi connectivity index (χ1) is 7.59. The Bertz CT molecular complexity index is 475. The highest BCUT2D eigenvalue weighted by Gasteiger charge is 2.15. The Labute approximate surface area is 104 Å². The van der Waals surface area contributed by atoms with Gasteiger partial charge >= 0.3 is 0 Å². The van der Waals surface area contributed by atoms with Crippen LogP contribution in [0.2, 0.25) is 4.34 Å². The average Bonchev–Trinajstić information content (AvgIpc) is 2.84. The van der Waals surface area contributed by atoms with Crippen molar-refractivity contribution in [2.75, 3.05) is 0 Å². The number of imidazole rings is 1. The number of halogens is 1. The maximum Gasteiger partial charge on any atom is 0.0954 e. The van der Waals surface area contributed by atoms with Crippen LogP contribution in [0.15, 0.2) is 24.7 Å². The Hall–Kier alpha value is -0.840. The fourth-order valence-corrected chi connectivity index (χ4v) is 2.79. The highest BCUT2D eigenvalue weighted by Crippen LogP contribution is 2.30. The molecule has 2 heterocycles. The first-order valence-corrected chi connectivity index (χ1v) is 6.31. The Morgan fingerprint density at radius 2 is 2.19 bits per heavy atom. The summed E-state index contributed by atoms with van der Waals surface area (Å²) in [6.45, 7) is 4.08. The van der Waals surface area contributed by atoms with Crippen molar-refractivity contribution in [2.45, 2.75) is 25.9 Å². The second kappa shape index (κ2) is 4.57. The predicted molar refractivity (Wildman–Crippen MR) is 68.0 cm³/mol. The third-order valence-corrected chi connectivity index (χ3v) is 3.99. The number of hydrogen-bond donors (Lipinski definition) is 1. The molecule has 2 aromatic rings. The number of thiophene rings is 1. The molecule has 1 unspecified atom stereocenters. The quantitative estimate of drug-likeness (QED) is 0.915. The lowest BCUT2D eigenvalue weighted by Crippen LogP contribution is -2.14. The summed E-state index contributed by atoms with van der Waals surface area (Å²) >= 11 is 7.53. The van der Waals surface area contributed by atoms with Crippen LogP contribution >= 0.6 is 22.9 Å². The van der Waals surface area contributed by atoms with Gasteiger partial charge in [-0.1, -0.05) is 11.6 Å². The average molecular weight is 256 g/mol. The van der Waals surface area contributed by atoms with Gasteiger partial charge in [0.2, 0.25) is 0 Å². The molecule has 0 aliphatic heterocycles. The minimum absolute atomic E-state index is 0.0135. The zero-order chi connectivity index (χ0) is 11.7. The zero-order valence-electron chi connectivity index (χ0n) is 9.22. The van der Waals surface area contributed by atoms with Gasteiger partial charge in [0.1, 0.15) is 0 Å². The van der Waals surface area contributed by atoms with Crippen LogP contribution in [0.25, 0.3) is 0 Å². The van der Waals surface area contributed by atoms with Crippen LogP contribution < -0.4 is 5.73 Å². The molecule has 0 radical (unpaired) electrons. The van der Waals surface area contributed by atoms with Crippen LogP contribution in [0.1, 0.15) is 36.5 Å². The Balaban J connectivity index is 2.33. The van der Waals surface area contributed by atoms with E-state index < -0.39 is 0 Å². The van der Waals surface area contributed by atoms with E-state index in [9.17, 15) is 0 Å². The Morgan fingerprint density at radius 1 is 1.44 bits per heavy atom. The van der Waals surface area contributed by atoms with Crippen molar-refractivity contribution in [1.29, 1.82) is 0 Å². The van der Waals surface area contributed by atoms with Gasteiger partial charge in [-0.15, -0.1) is 11.3 Å². The lowest BCUT2D eigenvalue weighted by molar-refractivity contribution is 0.589. The summed E-state index contributed by atoms with van der Waals surface area (Å²) in [5.41, 5.74) is 6.94. The second-order valence-corrected chi connectivity index (χ2v) is 5.58. The van der Waals surface area contributed by atoms with Gasteiger partial charge in [0, 0.05) is 17.1 Å². The maximum absolute atomic E-state index is 5.94. The monoisotopic (exact) mass is 255 g/mol. The van der Waals surface area contributed by atoms with E-state index in [2.05, 4.69) is 16.5 Å². The van der Waals surface area contributed by atoms with Gasteiger partial charge in [-0.2, -0.15) is 0 Å². The summed E-state index contributed by atoms with van der Waals surface area (Å²) in [6.07, 6.45) is 3.63. The number of aromatic nitrogens is 2. The van der Waals surface area contributed by atoms with E-state index >= 15 is 0 Å². The van der Waals surface area contributed by atoms with Crippen LogP contribution in [-0.2, 0) is 0 Å². The van der Waals surface area contributed by atoms with Gasteiger partial charge < -0.3 is 10.3 Å². The first kappa shape index (κ1) is 11.6. The molecule has 2 rings (SSSR count). The molecule has 0 bridgehead atoms. The van der Waals surface area contributed by atoms with Crippen LogP contribution in [0, 0.1) is 0 Å². The fourth-order valence-electron chi connectivity index (χ4n) is 1.68. The van der Waals surface area contributed by atoms with Crippen molar-refractivity contribution in [2.24, 2.45) is 5.73 Å². The number of nitrogens with two attached hydrogens (primary N) is 1. The van der Waals surface area contributed by atoms with Gasteiger partial charge in [-0.05, 0) is 26.0 Å². The first-order valence-electron chi connectivity index (χ1n) is 5.12. The molecule has 0 amide bonds. The highest BCUT2D eigenvalue weighted by atomic mass is 35.5. The molecule has 2 aromatic heterocycles. The van der Waals surface area contributed by atoms with Gasteiger partial charge in [0.25, 0.3) is 0 Å². The van der Waals surface area contributed by atoms with Crippen molar-refractivity contribution >= 4 is 22.9 Å². The molecule has 86 valence electrons. The van der Waals surface area contributed by atoms with E-state index in [1.165, 1.54) is 4.88 Å². The normalized spacial score (nSPS) is 15.0. The molecular weight excluding hydrogens is 242 g/mol. The summed E-state index contributed by atoms with van der Waals surface area (Å²) in [5.74, 6) is 0. The third kappa shape index (κ3) is 2.14. The molecule has 0 saturated carbocycles. The molecule has 5 heteroatoms. The van der Waals surface area contributed by atoms with Crippen molar-refractivity contribution in [3.8, 4) is 0 Å². The van der Waals surface area contributed by atoms with Gasteiger partial charge in [-0.3, -0.25) is 0 Å². The zero-order valence-corrected chi connectivity index (χ0v) is 10.8. The molecule has 0 fully saturated rings. The van der Waals surface area contributed by atoms with E-state index in [-0.39, 0.29) is 12.1 Å². The molecule has 2 atom stereocenters. The lowest BCUT2D eigenvalue weighted by atomic mass is 10.2. The highest BCUT2D eigenvalue weighted by molar-refractivity contribution is 7.16. The molecule has 16 heavy (non-hydrogen) atoms. The van der Waals surface area contributed by atoms with Gasteiger partial charge in [0.05, 0.1) is 22.4 Å². The summed E-state index contributed by atoms with van der Waals surface area (Å²) in [7, 11) is 0. The molecule has 3 nitrogen and oxygen atoms in total. The smallest absolute Gasteiger partial charge is 0.0954 e. The molecule has 0 aliphatic rings. The van der Waals surface area contributed by atoms with Crippen LogP contribution in [0.5, 0.6) is 0 Å². The van der Waals surface area contributed by atoms with Crippen LogP contribution in [-0.4, -0.2) is 9.55 Å². The SMILES string of the molecule is CC(c1ccc(Cl)s1)n1cncc1[C@@H](C)N. The van der Waals surface area contributed by atoms with Gasteiger partial charge in [0.15, 0.2) is 0 Å². The number of rotatable bonds is 3. The number of hydrogen-bond acceptors (Lipinski definition) is 3. The topological polar surface area (TPSA) is 43.8 Å². The summed E-state index contributed by atoms with van der Waals surface area (Å²) < 4.78 is 2.90. The lowest BCUT2D eigenvalue weighted by Gasteiger charge is -2.16. The summed E-state index contributed by atoms with van der Waals surface area (Å²) in [4.78, 5) is 5.36. The summed E-state index contributed by atoms with van der Waals surface area (Å²) in [6, 6.07) is 4.17. The standard InChI is InChI=1S/C11H14ClN3S/c1-7(13)9-5-14-6-15(9)8(2)10-3-4-11(12)16-10/h3-8H,13H2,1-2H3/t7-,8?/m1/s1. The Morgan fingerprint density at radius 3 is 2.75 bits per heavy atom. The molecule has 0 saturated heterocycles. The largest absolute Gasteiger partial charge is 0.325 e. The van der Waals surface area contributed by atoms with E-state index in [1.54, 1.807) is 11.3 Å². The third-order valence-electron chi connectivity index (χ3n) is 2.59. The van der Waals surface area contributed by atoms with Crippen LogP contribution in [0.3, 0.4) is 0 Å². The minimum Gasteiger partial charge on any atom is -0.325 e. The molecule has 0 spiro atoms. The van der Waals surface area contributed by atoms with E-state index in [0.29, 0.717) is 0 Å². The van der Waals surface area contributed by atoms with Crippen molar-refractivity contribution in [3.05, 3.63) is 39.6 Å². The second-order valence-electron chi connectivity index (χ2n) is 3.83. The van der Waals surface area contributed by atoms with E-state index in [0.717, 1.165) is 10.0 Å². The summed E-state index contributed by atoms with van der Waals surface area (Å²) in [5, 5.41) is 0. The van der Waals surface area contributed by atoms with E-state index in [1.807, 2.05) is 31.6 Å². The Kier molecular flexibility index (Phi) is 3.33. The minimum atomic E-state index is -0.0135. The van der Waals surface area contributed by atoms with Crippen molar-refractivity contribution in [3.63, 3.8) is 0 Å². The molecule has 0 aromatic carbocycles. The molecule has 2 N–H and O–H groups in total. The van der Waals surface area contributed by atoms with Crippen LogP contribution in [0.4, 0.5) is 0 Å². The van der Waals surface area contributed by atoms with Crippen molar-refractivity contribution in [1.82, 2.24) is 9.55 Å². The predicted octanol–water partition coefficient (Wildman–Crippen LogP) is 3.23. The number of nitrogens with zero attached hydrogens (tertiary/aromatic N) is 2. The van der Waals surface area contributed by atoms with Gasteiger partial charge in [-0.25, -0.2) is 4.98 Å². The molecule has 0 aliphatic carbocycles. The molecular formula is C11H14ClN3S. The fraction of sp³-hybridized carbons (Fsp3) is 0.364. The van der Waals surface area contributed by atoms with E-state index in [4.69, 9.17) is 17.3 Å². The maximum atomic E-state index is 5.94.